The van der Waals surface area contributed by atoms with E-state index in [2.05, 4.69) is 10.2 Å². The van der Waals surface area contributed by atoms with Crippen molar-refractivity contribution in [2.24, 2.45) is 0 Å². The highest BCUT2D eigenvalue weighted by molar-refractivity contribution is 5.23. The summed E-state index contributed by atoms with van der Waals surface area (Å²) in [6, 6.07) is 6.36. The highest BCUT2D eigenvalue weighted by Crippen LogP contribution is 2.14. The molecule has 2 N–H and O–H groups in total. The number of rotatable bonds is 3. The van der Waals surface area contributed by atoms with Gasteiger partial charge in [0.05, 0.1) is 6.20 Å². The molecule has 0 spiro atoms. The quantitative estimate of drug-likeness (QED) is 0.807. The Morgan fingerprint density at radius 2 is 1.93 bits per heavy atom. The maximum atomic E-state index is 12.6. The maximum absolute atomic E-state index is 12.6. The highest BCUT2D eigenvalue weighted by atomic mass is 19.1. The van der Waals surface area contributed by atoms with E-state index in [-0.39, 0.29) is 11.7 Å². The summed E-state index contributed by atoms with van der Waals surface area (Å²) in [5.74, 6) is -0.123. The van der Waals surface area contributed by atoms with Crippen molar-refractivity contribution in [1.82, 2.24) is 10.2 Å². The minimum absolute atomic E-state index is 0.108. The molecule has 0 aliphatic carbocycles. The number of nitrogens with zero attached hydrogens (tertiary/aromatic N) is 1. The van der Waals surface area contributed by atoms with Crippen LogP contribution < -0.4 is 0 Å². The van der Waals surface area contributed by atoms with Gasteiger partial charge in [0, 0.05) is 5.56 Å². The van der Waals surface area contributed by atoms with Crippen LogP contribution in [-0.2, 0) is 12.8 Å². The lowest BCUT2D eigenvalue weighted by molar-refractivity contribution is 0.446. The summed E-state index contributed by atoms with van der Waals surface area (Å²) < 4.78 is 12.6. The Hall–Kier alpha value is -1.84. The van der Waals surface area contributed by atoms with Crippen molar-refractivity contribution in [3.8, 4) is 5.88 Å². The molecular weight excluding hydrogens is 195 g/mol. The standard InChI is InChI=1S/C11H11FN2O/c12-10-5-2-8(3-6-10)1-4-9-7-13-14-11(9)15/h2-3,5-7H,1,4H2,(H2,13,14,15). The molecule has 78 valence electrons. The fourth-order valence-electron chi connectivity index (χ4n) is 1.42. The lowest BCUT2D eigenvalue weighted by Crippen LogP contribution is -1.90. The van der Waals surface area contributed by atoms with Gasteiger partial charge in [0.1, 0.15) is 5.82 Å². The number of benzene rings is 1. The molecule has 2 aromatic rings. The van der Waals surface area contributed by atoms with Crippen LogP contribution in [0.4, 0.5) is 4.39 Å². The zero-order chi connectivity index (χ0) is 10.7. The number of halogens is 1. The van der Waals surface area contributed by atoms with E-state index in [0.717, 1.165) is 17.5 Å². The molecule has 3 nitrogen and oxygen atoms in total. The van der Waals surface area contributed by atoms with Gasteiger partial charge in [0.2, 0.25) is 5.88 Å². The Morgan fingerprint density at radius 3 is 2.53 bits per heavy atom. The number of hydrogen-bond acceptors (Lipinski definition) is 2. The molecule has 0 unspecified atom stereocenters. The molecular formula is C11H11FN2O. The number of aromatic hydroxyl groups is 1. The van der Waals surface area contributed by atoms with Gasteiger partial charge in [-0.05, 0) is 30.5 Å². The van der Waals surface area contributed by atoms with Crippen molar-refractivity contribution >= 4 is 0 Å². The SMILES string of the molecule is Oc1[nH]ncc1CCc1ccc(F)cc1. The van der Waals surface area contributed by atoms with Crippen LogP contribution in [-0.4, -0.2) is 15.3 Å². The van der Waals surface area contributed by atoms with E-state index in [0.29, 0.717) is 6.42 Å². The molecule has 1 aromatic carbocycles. The molecule has 0 atom stereocenters. The lowest BCUT2D eigenvalue weighted by Gasteiger charge is -1.99. The second-order valence-electron chi connectivity index (χ2n) is 3.37. The second kappa shape index (κ2) is 4.13. The molecule has 0 saturated carbocycles. The van der Waals surface area contributed by atoms with Gasteiger partial charge in [0.25, 0.3) is 0 Å². The van der Waals surface area contributed by atoms with Crippen LogP contribution in [0.3, 0.4) is 0 Å². The van der Waals surface area contributed by atoms with Crippen molar-refractivity contribution in [3.05, 3.63) is 47.4 Å². The van der Waals surface area contributed by atoms with Gasteiger partial charge in [-0.2, -0.15) is 5.10 Å². The van der Waals surface area contributed by atoms with Crippen LogP contribution >= 0.6 is 0 Å². The number of nitrogens with one attached hydrogen (secondary N) is 1. The number of aromatic nitrogens is 2. The summed E-state index contributed by atoms with van der Waals surface area (Å²) in [4.78, 5) is 0. The molecule has 2 rings (SSSR count). The Kier molecular flexibility index (Phi) is 2.67. The first-order valence-corrected chi connectivity index (χ1v) is 4.71. The molecule has 0 bridgehead atoms. The zero-order valence-corrected chi connectivity index (χ0v) is 8.07. The molecule has 1 aromatic heterocycles. The molecule has 1 heterocycles. The van der Waals surface area contributed by atoms with E-state index in [9.17, 15) is 9.50 Å². The topological polar surface area (TPSA) is 48.9 Å². The molecule has 0 aliphatic rings. The highest BCUT2D eigenvalue weighted by Gasteiger charge is 2.03. The summed E-state index contributed by atoms with van der Waals surface area (Å²) in [6.45, 7) is 0. The molecule has 0 amide bonds. The Bertz CT molecular complexity index is 436. The van der Waals surface area contributed by atoms with E-state index in [4.69, 9.17) is 0 Å². The normalized spacial score (nSPS) is 10.5. The van der Waals surface area contributed by atoms with Gasteiger partial charge in [-0.15, -0.1) is 0 Å². The van der Waals surface area contributed by atoms with E-state index in [1.807, 2.05) is 0 Å². The second-order valence-corrected chi connectivity index (χ2v) is 3.37. The van der Waals surface area contributed by atoms with Crippen LogP contribution in [0.2, 0.25) is 0 Å². The van der Waals surface area contributed by atoms with Gasteiger partial charge in [-0.25, -0.2) is 9.49 Å². The summed E-state index contributed by atoms with van der Waals surface area (Å²) in [6.07, 6.45) is 3.04. The van der Waals surface area contributed by atoms with Crippen molar-refractivity contribution in [2.45, 2.75) is 12.8 Å². The van der Waals surface area contributed by atoms with Crippen molar-refractivity contribution in [2.75, 3.05) is 0 Å². The van der Waals surface area contributed by atoms with Gasteiger partial charge >= 0.3 is 0 Å². The number of aryl methyl sites for hydroxylation is 2. The van der Waals surface area contributed by atoms with Crippen LogP contribution in [0.5, 0.6) is 5.88 Å². The van der Waals surface area contributed by atoms with Gasteiger partial charge in [-0.1, -0.05) is 12.1 Å². The van der Waals surface area contributed by atoms with Gasteiger partial charge in [-0.3, -0.25) is 0 Å². The molecule has 0 radical (unpaired) electrons. The lowest BCUT2D eigenvalue weighted by atomic mass is 10.1. The van der Waals surface area contributed by atoms with Crippen LogP contribution in [0.15, 0.2) is 30.5 Å². The largest absolute Gasteiger partial charge is 0.493 e. The van der Waals surface area contributed by atoms with Crippen molar-refractivity contribution in [3.63, 3.8) is 0 Å². The van der Waals surface area contributed by atoms with E-state index in [1.54, 1.807) is 18.3 Å². The summed E-state index contributed by atoms with van der Waals surface area (Å²) in [5, 5.41) is 15.5. The van der Waals surface area contributed by atoms with Crippen LogP contribution in [0, 0.1) is 5.82 Å². The van der Waals surface area contributed by atoms with Crippen LogP contribution in [0.25, 0.3) is 0 Å². The summed E-state index contributed by atoms with van der Waals surface area (Å²) in [7, 11) is 0. The first-order chi connectivity index (χ1) is 7.25. The fraction of sp³-hybridized carbons (Fsp3) is 0.182. The third kappa shape index (κ3) is 2.34. The summed E-state index contributed by atoms with van der Waals surface area (Å²) >= 11 is 0. The first kappa shape index (κ1) is 9.71. The zero-order valence-electron chi connectivity index (χ0n) is 8.07. The van der Waals surface area contributed by atoms with Crippen molar-refractivity contribution < 1.29 is 9.50 Å². The van der Waals surface area contributed by atoms with E-state index < -0.39 is 0 Å². The predicted molar refractivity (Wildman–Crippen MR) is 54.1 cm³/mol. The molecule has 4 heteroatoms. The monoisotopic (exact) mass is 206 g/mol. The number of aromatic amines is 1. The van der Waals surface area contributed by atoms with E-state index >= 15 is 0 Å². The Labute approximate surface area is 86.6 Å². The smallest absolute Gasteiger partial charge is 0.209 e. The average Bonchev–Trinajstić information content (AvgIpc) is 2.63. The van der Waals surface area contributed by atoms with E-state index in [1.165, 1.54) is 12.1 Å². The maximum Gasteiger partial charge on any atom is 0.209 e. The minimum Gasteiger partial charge on any atom is -0.493 e. The third-order valence-electron chi connectivity index (χ3n) is 2.29. The fourth-order valence-corrected chi connectivity index (χ4v) is 1.42. The van der Waals surface area contributed by atoms with Gasteiger partial charge in [0.15, 0.2) is 0 Å². The average molecular weight is 206 g/mol. The van der Waals surface area contributed by atoms with Crippen LogP contribution in [0.1, 0.15) is 11.1 Å². The first-order valence-electron chi connectivity index (χ1n) is 4.71. The number of hydrogen-bond donors (Lipinski definition) is 2. The Morgan fingerprint density at radius 1 is 1.20 bits per heavy atom. The summed E-state index contributed by atoms with van der Waals surface area (Å²) in [5.41, 5.74) is 1.82. The predicted octanol–water partition coefficient (Wildman–Crippen LogP) is 2.04. The van der Waals surface area contributed by atoms with Crippen molar-refractivity contribution in [1.29, 1.82) is 0 Å². The molecule has 15 heavy (non-hydrogen) atoms. The Balaban J connectivity index is 1.99. The van der Waals surface area contributed by atoms with Gasteiger partial charge < -0.3 is 5.11 Å². The number of H-pyrrole nitrogens is 1. The molecule has 0 fully saturated rings. The third-order valence-corrected chi connectivity index (χ3v) is 2.29. The minimum atomic E-state index is -0.232. The molecule has 0 saturated heterocycles. The molecule has 0 aliphatic heterocycles.